The maximum atomic E-state index is 13.5. The van der Waals surface area contributed by atoms with E-state index in [1.54, 1.807) is 31.2 Å². The molecule has 7 nitrogen and oxygen atoms in total. The summed E-state index contributed by atoms with van der Waals surface area (Å²) in [6.07, 6.45) is 0. The second-order valence-electron chi connectivity index (χ2n) is 6.81. The lowest BCUT2D eigenvalue weighted by molar-refractivity contribution is 0.247. The molecule has 1 aliphatic rings. The van der Waals surface area contributed by atoms with Crippen LogP contribution in [0.2, 0.25) is 0 Å². The summed E-state index contributed by atoms with van der Waals surface area (Å²) in [5, 5.41) is 15.0. The first-order chi connectivity index (χ1) is 15.0. The maximum absolute atomic E-state index is 13.5. The summed E-state index contributed by atoms with van der Waals surface area (Å²) in [4.78, 5) is 25.1. The normalized spacial score (nSPS) is 14.8. The molecule has 0 bridgehead atoms. The minimum atomic E-state index is -0.904. The molecule has 1 unspecified atom stereocenters. The Kier molecular flexibility index (Phi) is 5.24. The number of allylic oxidation sites excluding steroid dienone is 1. The predicted octanol–water partition coefficient (Wildman–Crippen LogP) is 4.17. The van der Waals surface area contributed by atoms with Crippen LogP contribution in [0.1, 0.15) is 22.8 Å². The van der Waals surface area contributed by atoms with Crippen molar-refractivity contribution < 1.29 is 18.3 Å². The molecule has 1 aromatic heterocycles. The number of halogens is 1. The molecular formula is C23H16FN3O4. The number of amides is 2. The van der Waals surface area contributed by atoms with Crippen molar-refractivity contribution in [2.24, 2.45) is 0 Å². The number of carbonyl (C=O) groups excluding carboxylic acids is 1. The van der Waals surface area contributed by atoms with Crippen LogP contribution in [0.4, 0.5) is 14.9 Å². The van der Waals surface area contributed by atoms with Crippen LogP contribution in [0, 0.1) is 24.1 Å². The lowest BCUT2D eigenvalue weighted by atomic mass is 9.84. The third-order valence-electron chi connectivity index (χ3n) is 4.69. The third-order valence-corrected chi connectivity index (χ3v) is 4.69. The number of nitriles is 1. The Morgan fingerprint density at radius 1 is 1.10 bits per heavy atom. The van der Waals surface area contributed by atoms with Crippen molar-refractivity contribution in [3.05, 3.63) is 105 Å². The number of hydrogen-bond donors (Lipinski definition) is 2. The standard InChI is InChI=1S/C23H16FN3O4/c1-13-11-18-20(22(28)30-13)19(14-7-9-15(24)10-8-14)17(12-25)21(31-18)27-23(29)26-16-5-3-2-4-6-16/h2-11,19H,1H3,(H2,26,27,29). The molecule has 0 saturated carbocycles. The van der Waals surface area contributed by atoms with E-state index in [9.17, 15) is 19.2 Å². The van der Waals surface area contributed by atoms with Gasteiger partial charge in [0.05, 0.1) is 11.5 Å². The number of urea groups is 1. The van der Waals surface area contributed by atoms with Crippen molar-refractivity contribution in [3.63, 3.8) is 0 Å². The quantitative estimate of drug-likeness (QED) is 0.666. The van der Waals surface area contributed by atoms with Crippen molar-refractivity contribution in [1.82, 2.24) is 5.32 Å². The Morgan fingerprint density at radius 2 is 1.81 bits per heavy atom. The molecule has 2 N–H and O–H groups in total. The highest BCUT2D eigenvalue weighted by Crippen LogP contribution is 2.41. The van der Waals surface area contributed by atoms with E-state index >= 15 is 0 Å². The van der Waals surface area contributed by atoms with E-state index in [1.165, 1.54) is 30.3 Å². The summed E-state index contributed by atoms with van der Waals surface area (Å²) in [6, 6.07) is 17.0. The van der Waals surface area contributed by atoms with Crippen LogP contribution in [0.5, 0.6) is 5.75 Å². The van der Waals surface area contributed by atoms with Crippen LogP contribution < -0.4 is 21.0 Å². The smallest absolute Gasteiger partial charge is 0.343 e. The van der Waals surface area contributed by atoms with Crippen LogP contribution in [-0.4, -0.2) is 6.03 Å². The number of para-hydroxylation sites is 1. The van der Waals surface area contributed by atoms with E-state index in [0.717, 1.165) is 0 Å². The van der Waals surface area contributed by atoms with Gasteiger partial charge in [0.1, 0.15) is 29.0 Å². The van der Waals surface area contributed by atoms with Gasteiger partial charge in [0.15, 0.2) is 0 Å². The van der Waals surface area contributed by atoms with Crippen molar-refractivity contribution >= 4 is 11.7 Å². The molecular weight excluding hydrogens is 401 g/mol. The first-order valence-electron chi connectivity index (χ1n) is 9.31. The fourth-order valence-corrected chi connectivity index (χ4v) is 3.36. The summed E-state index contributed by atoms with van der Waals surface area (Å²) in [5.74, 6) is -1.04. The number of fused-ring (bicyclic) bond motifs is 1. The minimum Gasteiger partial charge on any atom is -0.439 e. The van der Waals surface area contributed by atoms with E-state index in [4.69, 9.17) is 9.15 Å². The molecule has 8 heteroatoms. The van der Waals surface area contributed by atoms with Gasteiger partial charge in [0.25, 0.3) is 0 Å². The Bertz CT molecular complexity index is 1270. The molecule has 2 amide bonds. The lowest BCUT2D eigenvalue weighted by Gasteiger charge is -2.27. The van der Waals surface area contributed by atoms with Crippen molar-refractivity contribution in [3.8, 4) is 11.8 Å². The monoisotopic (exact) mass is 417 g/mol. The fourth-order valence-electron chi connectivity index (χ4n) is 3.36. The molecule has 0 aliphatic carbocycles. The summed E-state index contributed by atoms with van der Waals surface area (Å²) >= 11 is 0. The van der Waals surface area contributed by atoms with Gasteiger partial charge in [-0.05, 0) is 36.8 Å². The largest absolute Gasteiger partial charge is 0.439 e. The summed E-state index contributed by atoms with van der Waals surface area (Å²) in [7, 11) is 0. The molecule has 0 spiro atoms. The van der Waals surface area contributed by atoms with E-state index in [-0.39, 0.29) is 22.8 Å². The number of benzene rings is 2. The number of nitrogens with zero attached hydrogens (tertiary/aromatic N) is 1. The zero-order chi connectivity index (χ0) is 22.0. The van der Waals surface area contributed by atoms with Gasteiger partial charge in [-0.15, -0.1) is 0 Å². The average Bonchev–Trinajstić information content (AvgIpc) is 2.74. The molecule has 3 aromatic rings. The van der Waals surface area contributed by atoms with Crippen LogP contribution >= 0.6 is 0 Å². The van der Waals surface area contributed by atoms with Gasteiger partial charge in [0, 0.05) is 11.8 Å². The third kappa shape index (κ3) is 4.02. The number of hydrogen-bond acceptors (Lipinski definition) is 5. The number of anilines is 1. The molecule has 1 aliphatic heterocycles. The highest BCUT2D eigenvalue weighted by atomic mass is 19.1. The van der Waals surface area contributed by atoms with Gasteiger partial charge in [0.2, 0.25) is 5.88 Å². The van der Waals surface area contributed by atoms with Crippen LogP contribution in [-0.2, 0) is 0 Å². The average molecular weight is 417 g/mol. The molecule has 0 saturated heterocycles. The lowest BCUT2D eigenvalue weighted by Crippen LogP contribution is -2.35. The summed E-state index contributed by atoms with van der Waals surface area (Å²) < 4.78 is 24.4. The fraction of sp³-hybridized carbons (Fsp3) is 0.0870. The molecule has 154 valence electrons. The van der Waals surface area contributed by atoms with E-state index < -0.39 is 23.4 Å². The highest BCUT2D eigenvalue weighted by Gasteiger charge is 2.35. The molecule has 31 heavy (non-hydrogen) atoms. The predicted molar refractivity (Wildman–Crippen MR) is 110 cm³/mol. The van der Waals surface area contributed by atoms with E-state index in [1.807, 2.05) is 12.1 Å². The SMILES string of the molecule is Cc1cc2c(c(=O)o1)C(c1ccc(F)cc1)C(C#N)=C(NC(=O)Nc1ccccc1)O2. The van der Waals surface area contributed by atoms with Gasteiger partial charge in [-0.2, -0.15) is 5.26 Å². The van der Waals surface area contributed by atoms with Gasteiger partial charge in [-0.1, -0.05) is 30.3 Å². The molecule has 2 aromatic carbocycles. The molecule has 0 fully saturated rings. The number of aryl methyl sites for hydroxylation is 1. The number of nitrogens with one attached hydrogen (secondary N) is 2. The number of carbonyl (C=O) groups is 1. The van der Waals surface area contributed by atoms with Crippen LogP contribution in [0.25, 0.3) is 0 Å². The van der Waals surface area contributed by atoms with E-state index in [2.05, 4.69) is 10.6 Å². The van der Waals surface area contributed by atoms with Gasteiger partial charge < -0.3 is 14.5 Å². The zero-order valence-corrected chi connectivity index (χ0v) is 16.3. The van der Waals surface area contributed by atoms with Gasteiger partial charge in [-0.3, -0.25) is 5.32 Å². The van der Waals surface area contributed by atoms with Crippen molar-refractivity contribution in [1.29, 1.82) is 5.26 Å². The van der Waals surface area contributed by atoms with Gasteiger partial charge >= 0.3 is 11.7 Å². The molecule has 1 atom stereocenters. The Balaban J connectivity index is 1.78. The second-order valence-corrected chi connectivity index (χ2v) is 6.81. The minimum absolute atomic E-state index is 0.0153. The Morgan fingerprint density at radius 3 is 2.48 bits per heavy atom. The Hall–Kier alpha value is -4.38. The van der Waals surface area contributed by atoms with E-state index in [0.29, 0.717) is 17.0 Å². The number of rotatable bonds is 3. The van der Waals surface area contributed by atoms with Crippen LogP contribution in [0.3, 0.4) is 0 Å². The summed E-state index contributed by atoms with van der Waals surface area (Å²) in [5.41, 5.74) is 0.425. The van der Waals surface area contributed by atoms with Crippen LogP contribution in [0.15, 0.2) is 81.3 Å². The topological polar surface area (TPSA) is 104 Å². The van der Waals surface area contributed by atoms with Crippen molar-refractivity contribution in [2.75, 3.05) is 5.32 Å². The molecule has 2 heterocycles. The first-order valence-corrected chi connectivity index (χ1v) is 9.31. The second kappa shape index (κ2) is 8.16. The van der Waals surface area contributed by atoms with Crippen molar-refractivity contribution in [2.45, 2.75) is 12.8 Å². The van der Waals surface area contributed by atoms with Gasteiger partial charge in [-0.25, -0.2) is 14.0 Å². The zero-order valence-electron chi connectivity index (χ0n) is 16.3. The Labute approximate surface area is 176 Å². The molecule has 4 rings (SSSR count). The summed E-state index contributed by atoms with van der Waals surface area (Å²) in [6.45, 7) is 1.58. The maximum Gasteiger partial charge on any atom is 0.343 e. The molecule has 0 radical (unpaired) electrons. The number of ether oxygens (including phenoxy) is 1. The first kappa shape index (κ1) is 19.9. The highest BCUT2D eigenvalue weighted by molar-refractivity contribution is 5.90.